The number of ketones is 1. The van der Waals surface area contributed by atoms with Gasteiger partial charge in [-0.2, -0.15) is 0 Å². The number of carbonyl (C=O) groups excluding carboxylic acids is 5. The monoisotopic (exact) mass is 628 g/mol. The van der Waals surface area contributed by atoms with E-state index in [2.05, 4.69) is 20.8 Å². The van der Waals surface area contributed by atoms with Gasteiger partial charge in [-0.25, -0.2) is 0 Å². The molecule has 0 rings (SSSR count). The fourth-order valence-electron chi connectivity index (χ4n) is 1.79. The Hall–Kier alpha value is -1.69. The minimum atomic E-state index is -1.08. The summed E-state index contributed by atoms with van der Waals surface area (Å²) >= 11 is 0. The molecule has 0 spiro atoms. The number of unbranched alkanes of at least 4 members (excludes halogenated alkanes) is 3. The van der Waals surface area contributed by atoms with Crippen LogP contribution < -0.4 is 20.4 Å². The van der Waals surface area contributed by atoms with Gasteiger partial charge in [0.15, 0.2) is 0 Å². The van der Waals surface area contributed by atoms with Crippen molar-refractivity contribution in [2.45, 2.75) is 113 Å². The van der Waals surface area contributed by atoms with Crippen LogP contribution in [0.2, 0.25) is 0 Å². The Labute approximate surface area is 246 Å². The van der Waals surface area contributed by atoms with Gasteiger partial charge in [0, 0.05) is 36.7 Å². The summed E-state index contributed by atoms with van der Waals surface area (Å²) in [5.41, 5.74) is 0. The summed E-state index contributed by atoms with van der Waals surface area (Å²) in [6, 6.07) is 0. The molecule has 0 bridgehead atoms. The molecule has 0 aliphatic rings. The Morgan fingerprint density at radius 2 is 0.763 bits per heavy atom. The molecule has 0 aromatic heterocycles. The van der Waals surface area contributed by atoms with E-state index in [1.165, 1.54) is 0 Å². The second-order valence-electron chi connectivity index (χ2n) is 7.46. The summed E-state index contributed by atoms with van der Waals surface area (Å²) in [7, 11) is 0. The maximum absolute atomic E-state index is 11.3. The molecule has 0 heterocycles. The number of carboxylic acid groups (broad SMARTS) is 4. The predicted octanol–water partition coefficient (Wildman–Crippen LogP) is -0.518. The Kier molecular flexibility index (Phi) is 48.6. The van der Waals surface area contributed by atoms with Gasteiger partial charge in [-0.1, -0.05) is 40.0 Å². The first kappa shape index (κ1) is 49.3. The van der Waals surface area contributed by atoms with Gasteiger partial charge < -0.3 is 58.6 Å². The van der Waals surface area contributed by atoms with Crippen molar-refractivity contribution in [3.63, 3.8) is 0 Å². The summed E-state index contributed by atoms with van der Waals surface area (Å²) in [5.74, 6) is -5.23. The van der Waals surface area contributed by atoms with E-state index >= 15 is 0 Å². The van der Waals surface area contributed by atoms with Crippen LogP contribution in [0.4, 0.5) is 0 Å². The average Bonchev–Trinajstić information content (AvgIpc) is 2.71. The molecule has 0 amide bonds. The normalized spacial score (nSPS) is 9.16. The number of rotatable bonds is 15. The van der Waals surface area contributed by atoms with Gasteiger partial charge in [0.2, 0.25) is 0 Å². The smallest absolute Gasteiger partial charge is 0.550 e. The van der Waals surface area contributed by atoms with E-state index in [1.807, 2.05) is 0 Å². The van der Waals surface area contributed by atoms with Crippen molar-refractivity contribution in [2.24, 2.45) is 0 Å². The molecule has 0 fully saturated rings. The molecule has 0 saturated heterocycles. The number of aliphatic carboxylic acids is 4. The van der Waals surface area contributed by atoms with Crippen LogP contribution >= 0.6 is 0 Å². The van der Waals surface area contributed by atoms with Crippen LogP contribution in [-0.4, -0.2) is 55.5 Å². The van der Waals surface area contributed by atoms with Gasteiger partial charge in [0.1, 0.15) is 5.78 Å². The zero-order valence-electron chi connectivity index (χ0n) is 24.2. The molecule has 0 atom stereocenters. The molecule has 13 heteroatoms. The Balaban J connectivity index is -0.000000122. The predicted molar refractivity (Wildman–Crippen MR) is 128 cm³/mol. The maximum atomic E-state index is 11.3. The largest absolute Gasteiger partial charge is 4.00 e. The number of ether oxygens (including phenoxy) is 3. The summed E-state index contributed by atoms with van der Waals surface area (Å²) < 4.78 is 17.8. The Morgan fingerprint density at radius 1 is 0.553 bits per heavy atom. The number of carbonyl (C=O) groups is 5. The van der Waals surface area contributed by atoms with Crippen molar-refractivity contribution in [2.75, 3.05) is 19.8 Å². The second-order valence-corrected chi connectivity index (χ2v) is 7.46. The Bertz CT molecular complexity index is 492. The molecule has 0 unspecified atom stereocenters. The summed E-state index contributed by atoms with van der Waals surface area (Å²) in [6.45, 7) is 13.7. The third kappa shape index (κ3) is 76.5. The minimum absolute atomic E-state index is 0. The maximum Gasteiger partial charge on any atom is 4.00 e. The van der Waals surface area contributed by atoms with Crippen LogP contribution in [-0.2, 0) is 64.4 Å². The van der Waals surface area contributed by atoms with Gasteiger partial charge in [0.05, 0.1) is 19.8 Å². The SMILES string of the molecule is CC(=O)[O-].CC(=O)[O-].CC(=O)[O-].CC(=O)[O-].CCCCOC(CCC(C)=O)(OCCCC)OCCCC.[Zr+4]. The van der Waals surface area contributed by atoms with Gasteiger partial charge in [-0.3, -0.25) is 0 Å². The average molecular weight is 630 g/mol. The third-order valence-electron chi connectivity index (χ3n) is 3.24. The molecule has 222 valence electrons. The molecule has 0 aromatic rings. The van der Waals surface area contributed by atoms with E-state index in [0.717, 1.165) is 66.2 Å². The van der Waals surface area contributed by atoms with Crippen LogP contribution in [0.1, 0.15) is 107 Å². The van der Waals surface area contributed by atoms with E-state index in [4.69, 9.17) is 53.8 Å². The van der Waals surface area contributed by atoms with E-state index in [1.54, 1.807) is 6.92 Å². The van der Waals surface area contributed by atoms with E-state index in [-0.39, 0.29) is 32.0 Å². The molecule has 0 saturated carbocycles. The molecule has 0 radical (unpaired) electrons. The number of hydrogen-bond acceptors (Lipinski definition) is 12. The summed E-state index contributed by atoms with van der Waals surface area (Å²) in [5, 5.41) is 35.6. The first-order valence-electron chi connectivity index (χ1n) is 12.1. The van der Waals surface area contributed by atoms with Crippen molar-refractivity contribution >= 4 is 29.7 Å². The van der Waals surface area contributed by atoms with Gasteiger partial charge in [-0.05, 0) is 53.9 Å². The van der Waals surface area contributed by atoms with Crippen molar-refractivity contribution < 1.29 is 84.8 Å². The topological polar surface area (TPSA) is 205 Å². The van der Waals surface area contributed by atoms with Crippen LogP contribution in [0, 0.1) is 0 Å². The Morgan fingerprint density at radius 3 is 0.921 bits per heavy atom. The molecule has 0 N–H and O–H groups in total. The molecule has 12 nitrogen and oxygen atoms in total. The fourth-order valence-corrected chi connectivity index (χ4v) is 1.79. The van der Waals surface area contributed by atoms with Crippen molar-refractivity contribution in [3.05, 3.63) is 0 Å². The van der Waals surface area contributed by atoms with E-state index in [9.17, 15) is 4.79 Å². The van der Waals surface area contributed by atoms with Crippen LogP contribution in [0.3, 0.4) is 0 Å². The standard InChI is InChI=1S/C17H34O4.4C2H4O2.Zr/c1-5-8-13-19-17(12-11-16(4)18,20-14-9-6-2)21-15-10-7-3;4*1-2(3)4;/h5-15H2,1-4H3;4*1H3,(H,3,4);/q;;;;;+4/p-4. The second kappa shape index (κ2) is 37.5. The van der Waals surface area contributed by atoms with Gasteiger partial charge in [0.25, 0.3) is 5.97 Å². The van der Waals surface area contributed by atoms with Crippen molar-refractivity contribution in [1.29, 1.82) is 0 Å². The molecule has 38 heavy (non-hydrogen) atoms. The number of Topliss-reactive ketones (excluding diaryl/α,β-unsaturated/α-hetero) is 1. The number of carboxylic acids is 4. The van der Waals surface area contributed by atoms with Crippen molar-refractivity contribution in [1.82, 2.24) is 0 Å². The molecule has 0 aromatic carbocycles. The van der Waals surface area contributed by atoms with Crippen LogP contribution in [0.5, 0.6) is 0 Å². The molecular formula is C25H46O12Zr. The molecule has 0 aliphatic carbocycles. The van der Waals surface area contributed by atoms with Gasteiger partial charge >= 0.3 is 26.2 Å². The van der Waals surface area contributed by atoms with E-state index in [0.29, 0.717) is 32.7 Å². The quantitative estimate of drug-likeness (QED) is 0.166. The summed E-state index contributed by atoms with van der Waals surface area (Å²) in [4.78, 5) is 46.9. The van der Waals surface area contributed by atoms with Gasteiger partial charge in [-0.15, -0.1) is 0 Å². The zero-order valence-corrected chi connectivity index (χ0v) is 26.6. The van der Waals surface area contributed by atoms with Crippen molar-refractivity contribution in [3.8, 4) is 0 Å². The number of hydrogen-bond donors (Lipinski definition) is 0. The first-order valence-corrected chi connectivity index (χ1v) is 12.1. The van der Waals surface area contributed by atoms with Crippen LogP contribution in [0.15, 0.2) is 0 Å². The fraction of sp³-hybridized carbons (Fsp3) is 0.800. The summed E-state index contributed by atoms with van der Waals surface area (Å²) in [6.07, 6.45) is 6.98. The molecule has 0 aliphatic heterocycles. The van der Waals surface area contributed by atoms with E-state index < -0.39 is 29.9 Å². The first-order chi connectivity index (χ1) is 17.0. The zero-order chi connectivity index (χ0) is 30.3. The minimum Gasteiger partial charge on any atom is -0.550 e. The third-order valence-corrected chi connectivity index (χ3v) is 3.24. The molecular weight excluding hydrogens is 583 g/mol. The van der Waals surface area contributed by atoms with Crippen LogP contribution in [0.25, 0.3) is 0 Å².